The third-order valence-electron chi connectivity index (χ3n) is 4.55. The van der Waals surface area contributed by atoms with Crippen LogP contribution in [0.15, 0.2) is 0 Å². The minimum absolute atomic E-state index is 0.276. The van der Waals surface area contributed by atoms with Gasteiger partial charge in [0, 0.05) is 0 Å². The largest absolute Gasteiger partial charge is 0.469 e. The molecule has 4 aliphatic rings. The normalized spacial score (nSPS) is 49.7. The number of fused-ring (bicyclic) bond motifs is 1. The van der Waals surface area contributed by atoms with Crippen LogP contribution in [0, 0.1) is 11.8 Å². The zero-order valence-corrected chi connectivity index (χ0v) is 12.2. The van der Waals surface area contributed by atoms with Crippen LogP contribution in [0.2, 0.25) is 0 Å². The van der Waals surface area contributed by atoms with Crippen molar-refractivity contribution in [1.29, 1.82) is 0 Å². The SMILES string of the molecule is COC(=O)[C@@H]1[C@H]2O[C@@]3(C4OCCO4)[C@@H]1C(=O)O[C@H]3[C@@H]2Br. The molecule has 0 aliphatic carbocycles. The van der Waals surface area contributed by atoms with Gasteiger partial charge in [0.05, 0.1) is 31.3 Å². The van der Waals surface area contributed by atoms with Crippen LogP contribution in [0.3, 0.4) is 0 Å². The molecule has 0 N–H and O–H groups in total. The van der Waals surface area contributed by atoms with Gasteiger partial charge in [0.1, 0.15) is 11.8 Å². The molecular formula is C12H13BrO7. The lowest BCUT2D eigenvalue weighted by atomic mass is 9.71. The molecular weight excluding hydrogens is 336 g/mol. The molecule has 0 aromatic heterocycles. The van der Waals surface area contributed by atoms with E-state index in [-0.39, 0.29) is 4.83 Å². The number of halogens is 1. The first kappa shape index (κ1) is 13.0. The quantitative estimate of drug-likeness (QED) is 0.496. The molecule has 0 aromatic carbocycles. The van der Waals surface area contributed by atoms with Crippen molar-refractivity contribution in [3.05, 3.63) is 0 Å². The number of methoxy groups -OCH3 is 1. The summed E-state index contributed by atoms with van der Waals surface area (Å²) in [7, 11) is 1.30. The number of hydrogen-bond acceptors (Lipinski definition) is 7. The monoisotopic (exact) mass is 348 g/mol. The molecule has 0 spiro atoms. The Kier molecular flexibility index (Phi) is 2.70. The standard InChI is InChI=1S/C12H13BrO7/c1-16-9(14)4-5-10(15)19-8-6(13)7(4)20-12(5,8)11-17-2-3-18-11/h4-8,11H,2-3H2,1H3/t4-,5-,6+,7+,8-,12-/m0/s1. The molecule has 6 atom stereocenters. The zero-order valence-electron chi connectivity index (χ0n) is 10.6. The van der Waals surface area contributed by atoms with Gasteiger partial charge in [-0.3, -0.25) is 9.59 Å². The van der Waals surface area contributed by atoms with E-state index in [1.807, 2.05) is 0 Å². The first-order valence-corrected chi connectivity index (χ1v) is 7.36. The predicted octanol–water partition coefficient (Wildman–Crippen LogP) is -0.395. The first-order valence-electron chi connectivity index (χ1n) is 6.44. The maximum absolute atomic E-state index is 12.2. The number of carbonyl (C=O) groups is 2. The Bertz CT molecular complexity index is 476. The topological polar surface area (TPSA) is 80.3 Å². The summed E-state index contributed by atoms with van der Waals surface area (Å²) in [5.74, 6) is -2.35. The molecule has 0 unspecified atom stereocenters. The van der Waals surface area contributed by atoms with Gasteiger partial charge in [-0.2, -0.15) is 0 Å². The highest BCUT2D eigenvalue weighted by atomic mass is 79.9. The predicted molar refractivity (Wildman–Crippen MR) is 64.9 cm³/mol. The maximum atomic E-state index is 12.2. The third kappa shape index (κ3) is 1.31. The summed E-state index contributed by atoms with van der Waals surface area (Å²) in [6.45, 7) is 0.869. The minimum Gasteiger partial charge on any atom is -0.469 e. The summed E-state index contributed by atoms with van der Waals surface area (Å²) in [5, 5.41) is 0. The zero-order chi connectivity index (χ0) is 14.1. The van der Waals surface area contributed by atoms with Crippen molar-refractivity contribution >= 4 is 27.9 Å². The molecule has 0 aromatic rings. The summed E-state index contributed by atoms with van der Waals surface area (Å²) >= 11 is 3.48. The van der Waals surface area contributed by atoms with Crippen molar-refractivity contribution < 1.29 is 33.3 Å². The highest BCUT2D eigenvalue weighted by molar-refractivity contribution is 9.09. The second-order valence-electron chi connectivity index (χ2n) is 5.34. The molecule has 0 amide bonds. The molecule has 4 aliphatic heterocycles. The minimum atomic E-state index is -1.05. The summed E-state index contributed by atoms with van der Waals surface area (Å²) in [6.07, 6.45) is -1.67. The first-order chi connectivity index (χ1) is 9.61. The summed E-state index contributed by atoms with van der Waals surface area (Å²) in [4.78, 5) is 23.9. The smallest absolute Gasteiger partial charge is 0.313 e. The van der Waals surface area contributed by atoms with E-state index in [1.165, 1.54) is 7.11 Å². The second-order valence-corrected chi connectivity index (χ2v) is 6.40. The fourth-order valence-electron chi connectivity index (χ4n) is 3.83. The molecule has 4 rings (SSSR count). The van der Waals surface area contributed by atoms with Gasteiger partial charge in [-0.15, -0.1) is 0 Å². The maximum Gasteiger partial charge on any atom is 0.313 e. The number of carbonyl (C=O) groups excluding carboxylic acids is 2. The third-order valence-corrected chi connectivity index (χ3v) is 5.55. The van der Waals surface area contributed by atoms with Crippen LogP contribution < -0.4 is 0 Å². The van der Waals surface area contributed by atoms with Gasteiger partial charge >= 0.3 is 11.9 Å². The lowest BCUT2D eigenvalue weighted by Gasteiger charge is -2.34. The van der Waals surface area contributed by atoms with Crippen LogP contribution in [0.4, 0.5) is 0 Å². The average molecular weight is 349 g/mol. The van der Waals surface area contributed by atoms with Crippen molar-refractivity contribution in [2.24, 2.45) is 11.8 Å². The van der Waals surface area contributed by atoms with E-state index in [0.717, 1.165) is 0 Å². The lowest BCUT2D eigenvalue weighted by molar-refractivity contribution is -0.197. The van der Waals surface area contributed by atoms with Crippen molar-refractivity contribution in [1.82, 2.24) is 0 Å². The van der Waals surface area contributed by atoms with Gasteiger partial charge in [-0.1, -0.05) is 15.9 Å². The van der Waals surface area contributed by atoms with E-state index < -0.39 is 47.9 Å². The van der Waals surface area contributed by atoms with Gasteiger partial charge in [0.2, 0.25) is 0 Å². The number of rotatable bonds is 2. The number of esters is 2. The van der Waals surface area contributed by atoms with Crippen LogP contribution in [-0.4, -0.2) is 61.2 Å². The van der Waals surface area contributed by atoms with Gasteiger partial charge < -0.3 is 23.7 Å². The average Bonchev–Trinajstić information content (AvgIpc) is 3.13. The molecule has 4 saturated heterocycles. The highest BCUT2D eigenvalue weighted by Gasteiger charge is 2.81. The summed E-state index contributed by atoms with van der Waals surface area (Å²) < 4.78 is 27.3. The van der Waals surface area contributed by atoms with E-state index in [2.05, 4.69) is 15.9 Å². The highest BCUT2D eigenvalue weighted by Crippen LogP contribution is 2.61. The number of hydrogen-bond donors (Lipinski definition) is 0. The van der Waals surface area contributed by atoms with Crippen molar-refractivity contribution in [3.63, 3.8) is 0 Å². The molecule has 7 nitrogen and oxygen atoms in total. The Labute approximate surface area is 122 Å². The van der Waals surface area contributed by atoms with Gasteiger partial charge in [0.25, 0.3) is 0 Å². The van der Waals surface area contributed by atoms with E-state index in [0.29, 0.717) is 13.2 Å². The molecule has 0 radical (unpaired) electrons. The Hall–Kier alpha value is -0.700. The molecule has 4 heterocycles. The fourth-order valence-corrected chi connectivity index (χ4v) is 4.79. The second kappa shape index (κ2) is 4.16. The Morgan fingerprint density at radius 2 is 2.10 bits per heavy atom. The molecule has 8 heteroatoms. The number of ether oxygens (including phenoxy) is 5. The molecule has 20 heavy (non-hydrogen) atoms. The lowest BCUT2D eigenvalue weighted by Crippen LogP contribution is -2.56. The van der Waals surface area contributed by atoms with E-state index >= 15 is 0 Å². The summed E-state index contributed by atoms with van der Waals surface area (Å²) in [6, 6.07) is 0. The van der Waals surface area contributed by atoms with Crippen LogP contribution in [-0.2, 0) is 33.3 Å². The Balaban J connectivity index is 1.80. The van der Waals surface area contributed by atoms with E-state index in [9.17, 15) is 9.59 Å². The van der Waals surface area contributed by atoms with Crippen molar-refractivity contribution in [3.8, 4) is 0 Å². The van der Waals surface area contributed by atoms with E-state index in [4.69, 9.17) is 23.7 Å². The Morgan fingerprint density at radius 3 is 2.75 bits per heavy atom. The van der Waals surface area contributed by atoms with Crippen molar-refractivity contribution in [2.75, 3.05) is 20.3 Å². The fraction of sp³-hybridized carbons (Fsp3) is 0.833. The van der Waals surface area contributed by atoms with Crippen LogP contribution in [0.1, 0.15) is 0 Å². The number of alkyl halides is 1. The van der Waals surface area contributed by atoms with Gasteiger partial charge in [0.15, 0.2) is 18.0 Å². The van der Waals surface area contributed by atoms with Gasteiger partial charge in [-0.05, 0) is 0 Å². The van der Waals surface area contributed by atoms with Gasteiger partial charge in [-0.25, -0.2) is 0 Å². The van der Waals surface area contributed by atoms with Crippen LogP contribution in [0.5, 0.6) is 0 Å². The van der Waals surface area contributed by atoms with E-state index in [1.54, 1.807) is 0 Å². The molecule has 0 saturated carbocycles. The summed E-state index contributed by atoms with van der Waals surface area (Å²) in [5.41, 5.74) is -1.05. The van der Waals surface area contributed by atoms with Crippen LogP contribution >= 0.6 is 15.9 Å². The Morgan fingerprint density at radius 1 is 1.40 bits per heavy atom. The molecule has 4 fully saturated rings. The van der Waals surface area contributed by atoms with Crippen LogP contribution in [0.25, 0.3) is 0 Å². The molecule has 2 bridgehead atoms. The van der Waals surface area contributed by atoms with Crippen molar-refractivity contribution in [2.45, 2.75) is 28.9 Å². The molecule has 110 valence electrons.